The smallest absolute Gasteiger partial charge is 0.182 e. The number of aromatic nitrogens is 4. The Kier molecular flexibility index (Phi) is 4.18. The number of unbranched alkanes of at least 4 members (excludes halogenated alkanes) is 2. The number of hydrogen-bond donors (Lipinski definition) is 0. The van der Waals surface area contributed by atoms with Crippen LogP contribution in [0.4, 0.5) is 0 Å². The van der Waals surface area contributed by atoms with Gasteiger partial charge in [0.2, 0.25) is 0 Å². The molecule has 0 atom stereocenters. The highest BCUT2D eigenvalue weighted by Gasteiger charge is 2.14. The SMILES string of the molecule is CCCCCc1nc2ccccc2c2nc(-c3ccc(C)cc3)nn12. The first-order valence-corrected chi connectivity index (χ1v) is 8.97. The second kappa shape index (κ2) is 6.63. The van der Waals surface area contributed by atoms with Gasteiger partial charge in [-0.15, -0.1) is 5.10 Å². The van der Waals surface area contributed by atoms with Crippen molar-refractivity contribution in [3.8, 4) is 11.4 Å². The second-order valence-electron chi connectivity index (χ2n) is 6.54. The van der Waals surface area contributed by atoms with Gasteiger partial charge in [0.05, 0.1) is 5.52 Å². The molecule has 2 aromatic heterocycles. The maximum atomic E-state index is 4.86. The predicted octanol–water partition coefficient (Wildman–Crippen LogP) is 4.99. The topological polar surface area (TPSA) is 43.1 Å². The van der Waals surface area contributed by atoms with E-state index in [0.29, 0.717) is 0 Å². The first-order valence-electron chi connectivity index (χ1n) is 8.97. The fourth-order valence-corrected chi connectivity index (χ4v) is 3.13. The summed E-state index contributed by atoms with van der Waals surface area (Å²) in [6.07, 6.45) is 4.45. The number of para-hydroxylation sites is 1. The third-order valence-corrected chi connectivity index (χ3v) is 4.56. The highest BCUT2D eigenvalue weighted by atomic mass is 15.3. The monoisotopic (exact) mass is 330 g/mol. The minimum Gasteiger partial charge on any atom is -0.233 e. The molecule has 0 amide bonds. The van der Waals surface area contributed by atoms with Gasteiger partial charge in [-0.3, -0.25) is 0 Å². The molecule has 4 heteroatoms. The van der Waals surface area contributed by atoms with Crippen molar-refractivity contribution < 1.29 is 0 Å². The molecular weight excluding hydrogens is 308 g/mol. The van der Waals surface area contributed by atoms with Gasteiger partial charge in [-0.05, 0) is 25.5 Å². The Morgan fingerprint density at radius 2 is 1.72 bits per heavy atom. The Morgan fingerprint density at radius 3 is 2.52 bits per heavy atom. The van der Waals surface area contributed by atoms with E-state index >= 15 is 0 Å². The summed E-state index contributed by atoms with van der Waals surface area (Å²) in [4.78, 5) is 9.70. The van der Waals surface area contributed by atoms with Gasteiger partial charge in [0.1, 0.15) is 5.82 Å². The lowest BCUT2D eigenvalue weighted by atomic mass is 10.1. The van der Waals surface area contributed by atoms with Gasteiger partial charge in [-0.2, -0.15) is 4.52 Å². The molecule has 0 bridgehead atoms. The van der Waals surface area contributed by atoms with Crippen molar-refractivity contribution in [3.63, 3.8) is 0 Å². The van der Waals surface area contributed by atoms with E-state index < -0.39 is 0 Å². The van der Waals surface area contributed by atoms with Gasteiger partial charge in [0, 0.05) is 17.4 Å². The molecule has 0 saturated heterocycles. The molecule has 4 aromatic rings. The fraction of sp³-hybridized carbons (Fsp3) is 0.286. The Labute approximate surface area is 147 Å². The van der Waals surface area contributed by atoms with Crippen molar-refractivity contribution in [2.24, 2.45) is 0 Å². The third kappa shape index (κ3) is 3.00. The number of hydrogen-bond acceptors (Lipinski definition) is 3. The Bertz CT molecular complexity index is 1020. The van der Waals surface area contributed by atoms with Crippen molar-refractivity contribution in [2.45, 2.75) is 39.5 Å². The van der Waals surface area contributed by atoms with E-state index in [2.05, 4.69) is 50.2 Å². The van der Waals surface area contributed by atoms with Crippen LogP contribution in [-0.2, 0) is 6.42 Å². The van der Waals surface area contributed by atoms with Gasteiger partial charge in [-0.1, -0.05) is 61.7 Å². The molecule has 0 saturated carbocycles. The lowest BCUT2D eigenvalue weighted by Crippen LogP contribution is -2.03. The van der Waals surface area contributed by atoms with E-state index in [0.717, 1.165) is 46.6 Å². The second-order valence-corrected chi connectivity index (χ2v) is 6.54. The summed E-state index contributed by atoms with van der Waals surface area (Å²) in [7, 11) is 0. The van der Waals surface area contributed by atoms with Gasteiger partial charge >= 0.3 is 0 Å². The lowest BCUT2D eigenvalue weighted by molar-refractivity contribution is 0.676. The number of fused-ring (bicyclic) bond motifs is 3. The van der Waals surface area contributed by atoms with Crippen molar-refractivity contribution in [2.75, 3.05) is 0 Å². The number of benzene rings is 2. The summed E-state index contributed by atoms with van der Waals surface area (Å²) in [5.74, 6) is 1.75. The molecular formula is C21H22N4. The first kappa shape index (κ1) is 15.8. The zero-order valence-corrected chi connectivity index (χ0v) is 14.7. The van der Waals surface area contributed by atoms with Crippen LogP contribution in [0.3, 0.4) is 0 Å². The molecule has 0 spiro atoms. The summed E-state index contributed by atoms with van der Waals surface area (Å²) in [6, 6.07) is 16.5. The molecule has 2 aromatic carbocycles. The number of rotatable bonds is 5. The van der Waals surface area contributed by atoms with E-state index in [-0.39, 0.29) is 0 Å². The molecule has 0 aliphatic rings. The van der Waals surface area contributed by atoms with Crippen molar-refractivity contribution in [1.82, 2.24) is 19.6 Å². The summed E-state index contributed by atoms with van der Waals surface area (Å²) < 4.78 is 1.94. The first-order chi connectivity index (χ1) is 12.3. The lowest BCUT2D eigenvalue weighted by Gasteiger charge is -2.06. The molecule has 4 nitrogen and oxygen atoms in total. The maximum Gasteiger partial charge on any atom is 0.182 e. The number of nitrogens with zero attached hydrogens (tertiary/aromatic N) is 4. The highest BCUT2D eigenvalue weighted by molar-refractivity contribution is 5.91. The summed E-state index contributed by atoms with van der Waals surface area (Å²) >= 11 is 0. The molecule has 0 aliphatic heterocycles. The van der Waals surface area contributed by atoms with Crippen LogP contribution in [0.1, 0.15) is 37.6 Å². The molecule has 4 rings (SSSR count). The zero-order valence-electron chi connectivity index (χ0n) is 14.7. The largest absolute Gasteiger partial charge is 0.233 e. The molecule has 25 heavy (non-hydrogen) atoms. The standard InChI is InChI=1S/C21H22N4/c1-3-4-5-10-19-22-18-9-7-6-8-17(18)21-23-20(24-25(19)21)16-13-11-15(2)12-14-16/h6-9,11-14H,3-5,10H2,1-2H3. The van der Waals surface area contributed by atoms with Crippen LogP contribution < -0.4 is 0 Å². The summed E-state index contributed by atoms with van der Waals surface area (Å²) in [5.41, 5.74) is 4.16. The van der Waals surface area contributed by atoms with Gasteiger partial charge in [0.15, 0.2) is 11.5 Å². The van der Waals surface area contributed by atoms with Crippen LogP contribution in [0.15, 0.2) is 48.5 Å². The molecule has 126 valence electrons. The Balaban J connectivity index is 1.89. The highest BCUT2D eigenvalue weighted by Crippen LogP contribution is 2.23. The van der Waals surface area contributed by atoms with Gasteiger partial charge in [-0.25, -0.2) is 9.97 Å². The molecule has 0 radical (unpaired) electrons. The van der Waals surface area contributed by atoms with E-state index in [9.17, 15) is 0 Å². The fourth-order valence-electron chi connectivity index (χ4n) is 3.13. The van der Waals surface area contributed by atoms with Crippen LogP contribution in [-0.4, -0.2) is 19.6 Å². The van der Waals surface area contributed by atoms with Crippen LogP contribution in [0.5, 0.6) is 0 Å². The third-order valence-electron chi connectivity index (χ3n) is 4.56. The predicted molar refractivity (Wildman–Crippen MR) is 102 cm³/mol. The zero-order chi connectivity index (χ0) is 17.2. The normalized spacial score (nSPS) is 11.4. The average molecular weight is 330 g/mol. The minimum absolute atomic E-state index is 0.759. The maximum absolute atomic E-state index is 4.86. The molecule has 2 heterocycles. The van der Waals surface area contributed by atoms with Crippen molar-refractivity contribution >= 4 is 16.6 Å². The van der Waals surface area contributed by atoms with E-state index in [1.165, 1.54) is 18.4 Å². The molecule has 0 unspecified atom stereocenters. The average Bonchev–Trinajstić information content (AvgIpc) is 3.08. The minimum atomic E-state index is 0.759. The van der Waals surface area contributed by atoms with Gasteiger partial charge < -0.3 is 0 Å². The van der Waals surface area contributed by atoms with Crippen LogP contribution in [0.25, 0.3) is 27.9 Å². The van der Waals surface area contributed by atoms with Crippen LogP contribution >= 0.6 is 0 Å². The quantitative estimate of drug-likeness (QED) is 0.484. The molecule has 0 fully saturated rings. The van der Waals surface area contributed by atoms with E-state index in [1.807, 2.05) is 16.6 Å². The van der Waals surface area contributed by atoms with E-state index in [4.69, 9.17) is 15.1 Å². The van der Waals surface area contributed by atoms with Crippen molar-refractivity contribution in [1.29, 1.82) is 0 Å². The van der Waals surface area contributed by atoms with Crippen LogP contribution in [0, 0.1) is 6.92 Å². The van der Waals surface area contributed by atoms with E-state index in [1.54, 1.807) is 0 Å². The Morgan fingerprint density at radius 1 is 0.920 bits per heavy atom. The Hall–Kier alpha value is -2.75. The summed E-state index contributed by atoms with van der Waals surface area (Å²) in [6.45, 7) is 4.30. The van der Waals surface area contributed by atoms with Gasteiger partial charge in [0.25, 0.3) is 0 Å². The van der Waals surface area contributed by atoms with Crippen LogP contribution in [0.2, 0.25) is 0 Å². The summed E-state index contributed by atoms with van der Waals surface area (Å²) in [5, 5.41) is 5.83. The molecule has 0 N–H and O–H groups in total. The molecule has 0 aliphatic carbocycles. The number of aryl methyl sites for hydroxylation is 2. The van der Waals surface area contributed by atoms with Crippen molar-refractivity contribution in [3.05, 3.63) is 59.9 Å².